The number of benzene rings is 2. The zero-order valence-electron chi connectivity index (χ0n) is 17.0. The van der Waals surface area contributed by atoms with Crippen LogP contribution in [0.2, 0.25) is 0 Å². The van der Waals surface area contributed by atoms with E-state index in [1.807, 2.05) is 37.3 Å². The second-order valence-corrected chi connectivity index (χ2v) is 6.85. The molecule has 2 heterocycles. The molecule has 0 fully saturated rings. The number of H-pyrrole nitrogens is 1. The number of rotatable bonds is 7. The number of hydrogen-bond donors (Lipinski definition) is 2. The van der Waals surface area contributed by atoms with Crippen molar-refractivity contribution in [2.24, 2.45) is 0 Å². The van der Waals surface area contributed by atoms with Gasteiger partial charge in [0, 0.05) is 23.9 Å². The Balaban J connectivity index is 1.49. The third-order valence-electron chi connectivity index (χ3n) is 4.48. The Bertz CT molecular complexity index is 1210. The third kappa shape index (κ3) is 5.20. The number of halogens is 3. The Morgan fingerprint density at radius 3 is 2.69 bits per heavy atom. The van der Waals surface area contributed by atoms with E-state index in [1.54, 1.807) is 6.20 Å². The van der Waals surface area contributed by atoms with Gasteiger partial charge in [-0.1, -0.05) is 24.3 Å². The lowest BCUT2D eigenvalue weighted by atomic mass is 10.1. The minimum Gasteiger partial charge on any atom is -0.464 e. The molecule has 164 valence electrons. The molecule has 0 bridgehead atoms. The largest absolute Gasteiger partial charge is 0.464 e. The molecule has 10 heteroatoms. The maximum atomic E-state index is 12.9. The van der Waals surface area contributed by atoms with Crippen molar-refractivity contribution in [2.45, 2.75) is 19.5 Å². The van der Waals surface area contributed by atoms with Gasteiger partial charge in [-0.25, -0.2) is 4.98 Å². The molecule has 7 nitrogen and oxygen atoms in total. The number of hydrogen-bond acceptors (Lipinski definition) is 6. The summed E-state index contributed by atoms with van der Waals surface area (Å²) in [5, 5.41) is 9.67. The standard InChI is InChI=1S/C22H19F3N6O/c1-2-32-21-26-10-9-18(28-21)12-14-5-3-6-15(11-14)19-29-20(31-30-19)27-17-8-4-7-16(13-17)22(23,24)25/h3-11,13H,2,12H2,1H3,(H2,27,29,30,31). The van der Waals surface area contributed by atoms with Crippen LogP contribution in [0.5, 0.6) is 6.01 Å². The monoisotopic (exact) mass is 440 g/mol. The van der Waals surface area contributed by atoms with E-state index in [0.29, 0.717) is 24.9 Å². The van der Waals surface area contributed by atoms with Crippen LogP contribution in [0.1, 0.15) is 23.7 Å². The summed E-state index contributed by atoms with van der Waals surface area (Å²) in [5.74, 6) is 0.654. The molecular formula is C22H19F3N6O. The number of nitrogens with one attached hydrogen (secondary N) is 2. The predicted octanol–water partition coefficient (Wildman–Crippen LogP) is 5.01. The summed E-state index contributed by atoms with van der Waals surface area (Å²) in [6.45, 7) is 2.36. The summed E-state index contributed by atoms with van der Waals surface area (Å²) in [6, 6.07) is 14.7. The maximum Gasteiger partial charge on any atom is 0.416 e. The van der Waals surface area contributed by atoms with Gasteiger partial charge in [0.25, 0.3) is 0 Å². The third-order valence-corrected chi connectivity index (χ3v) is 4.48. The number of anilines is 2. The summed E-state index contributed by atoms with van der Waals surface area (Å²) in [6.07, 6.45) is -2.20. The summed E-state index contributed by atoms with van der Waals surface area (Å²) < 4.78 is 44.1. The van der Waals surface area contributed by atoms with Gasteiger partial charge >= 0.3 is 12.2 Å². The highest BCUT2D eigenvalue weighted by Gasteiger charge is 2.30. The molecule has 0 saturated heterocycles. The molecule has 2 aromatic carbocycles. The fourth-order valence-electron chi connectivity index (χ4n) is 3.06. The van der Waals surface area contributed by atoms with Crippen LogP contribution in [-0.2, 0) is 12.6 Å². The van der Waals surface area contributed by atoms with Crippen LogP contribution in [0, 0.1) is 0 Å². The van der Waals surface area contributed by atoms with Gasteiger partial charge in [-0.05, 0) is 42.8 Å². The van der Waals surface area contributed by atoms with E-state index >= 15 is 0 Å². The number of ether oxygens (including phenoxy) is 1. The van der Waals surface area contributed by atoms with Crippen molar-refractivity contribution in [1.82, 2.24) is 25.1 Å². The van der Waals surface area contributed by atoms with Gasteiger partial charge in [0.1, 0.15) is 0 Å². The molecule has 2 aromatic heterocycles. The topological polar surface area (TPSA) is 88.6 Å². The summed E-state index contributed by atoms with van der Waals surface area (Å²) in [5.41, 5.74) is 2.08. The van der Waals surface area contributed by atoms with Crippen molar-refractivity contribution >= 4 is 11.6 Å². The Kier molecular flexibility index (Phi) is 6.02. The molecule has 0 saturated carbocycles. The van der Waals surface area contributed by atoms with Crippen LogP contribution in [0.25, 0.3) is 11.4 Å². The van der Waals surface area contributed by atoms with Gasteiger partial charge < -0.3 is 10.1 Å². The highest BCUT2D eigenvalue weighted by molar-refractivity contribution is 5.60. The lowest BCUT2D eigenvalue weighted by Crippen LogP contribution is -2.05. The van der Waals surface area contributed by atoms with Crippen LogP contribution in [0.4, 0.5) is 24.8 Å². The normalized spacial score (nSPS) is 11.4. The van der Waals surface area contributed by atoms with Crippen LogP contribution in [-0.4, -0.2) is 31.8 Å². The van der Waals surface area contributed by atoms with Crippen LogP contribution in [0.3, 0.4) is 0 Å². The highest BCUT2D eigenvalue weighted by atomic mass is 19.4. The van der Waals surface area contributed by atoms with Crippen molar-refractivity contribution in [1.29, 1.82) is 0 Å². The maximum absolute atomic E-state index is 12.9. The zero-order valence-corrected chi connectivity index (χ0v) is 17.0. The second-order valence-electron chi connectivity index (χ2n) is 6.85. The minimum atomic E-state index is -4.42. The number of nitrogens with zero attached hydrogens (tertiary/aromatic N) is 4. The molecule has 0 aliphatic carbocycles. The first-order valence-corrected chi connectivity index (χ1v) is 9.81. The summed E-state index contributed by atoms with van der Waals surface area (Å²) >= 11 is 0. The summed E-state index contributed by atoms with van der Waals surface area (Å²) in [4.78, 5) is 12.8. The first kappa shape index (κ1) is 21.3. The van der Waals surface area contributed by atoms with Crippen LogP contribution in [0.15, 0.2) is 60.8 Å². The van der Waals surface area contributed by atoms with Crippen molar-refractivity contribution < 1.29 is 17.9 Å². The van der Waals surface area contributed by atoms with Crippen molar-refractivity contribution in [3.63, 3.8) is 0 Å². The average Bonchev–Trinajstić information content (AvgIpc) is 3.23. The van der Waals surface area contributed by atoms with E-state index in [9.17, 15) is 13.2 Å². The lowest BCUT2D eigenvalue weighted by Gasteiger charge is -2.08. The highest BCUT2D eigenvalue weighted by Crippen LogP contribution is 2.31. The van der Waals surface area contributed by atoms with Gasteiger partial charge in [0.05, 0.1) is 17.9 Å². The molecule has 0 spiro atoms. The lowest BCUT2D eigenvalue weighted by molar-refractivity contribution is -0.137. The fraction of sp³-hybridized carbons (Fsp3) is 0.182. The minimum absolute atomic E-state index is 0.168. The molecule has 4 aromatic rings. The Morgan fingerprint density at radius 1 is 1.03 bits per heavy atom. The van der Waals surface area contributed by atoms with E-state index in [0.717, 1.165) is 29.0 Å². The Labute approximate surface area is 181 Å². The molecule has 0 radical (unpaired) electrons. The second kappa shape index (κ2) is 9.04. The van der Waals surface area contributed by atoms with E-state index < -0.39 is 11.7 Å². The molecular weight excluding hydrogens is 421 g/mol. The average molecular weight is 440 g/mol. The summed E-state index contributed by atoms with van der Waals surface area (Å²) in [7, 11) is 0. The van der Waals surface area contributed by atoms with Crippen molar-refractivity contribution in [2.75, 3.05) is 11.9 Å². The molecule has 0 amide bonds. The van der Waals surface area contributed by atoms with E-state index in [2.05, 4.69) is 30.5 Å². The van der Waals surface area contributed by atoms with Crippen molar-refractivity contribution in [3.8, 4) is 17.4 Å². The zero-order chi connectivity index (χ0) is 22.6. The molecule has 2 N–H and O–H groups in total. The first-order valence-electron chi connectivity index (χ1n) is 9.81. The van der Waals surface area contributed by atoms with Gasteiger partial charge in [-0.3, -0.25) is 5.10 Å². The van der Waals surface area contributed by atoms with E-state index in [-0.39, 0.29) is 11.6 Å². The Hall–Kier alpha value is -3.95. The fourth-order valence-corrected chi connectivity index (χ4v) is 3.06. The van der Waals surface area contributed by atoms with Gasteiger partial charge in [0.2, 0.25) is 5.95 Å². The molecule has 0 atom stereocenters. The molecule has 32 heavy (non-hydrogen) atoms. The molecule has 4 rings (SSSR count). The van der Waals surface area contributed by atoms with E-state index in [1.165, 1.54) is 12.1 Å². The number of aromatic nitrogens is 5. The number of alkyl halides is 3. The number of aromatic amines is 1. The first-order chi connectivity index (χ1) is 15.4. The van der Waals surface area contributed by atoms with Gasteiger partial charge in [-0.15, -0.1) is 5.10 Å². The Morgan fingerprint density at radius 2 is 1.88 bits per heavy atom. The smallest absolute Gasteiger partial charge is 0.416 e. The SMILES string of the molecule is CCOc1nccc(Cc2cccc(-c3nc(Nc4cccc(C(F)(F)F)c4)n[nH]3)c2)n1. The van der Waals surface area contributed by atoms with E-state index in [4.69, 9.17) is 4.74 Å². The van der Waals surface area contributed by atoms with Gasteiger partial charge in [0.15, 0.2) is 5.82 Å². The van der Waals surface area contributed by atoms with Gasteiger partial charge in [-0.2, -0.15) is 23.1 Å². The van der Waals surface area contributed by atoms with Crippen LogP contribution < -0.4 is 10.1 Å². The quantitative estimate of drug-likeness (QED) is 0.420. The van der Waals surface area contributed by atoms with Crippen LogP contribution >= 0.6 is 0 Å². The molecule has 0 unspecified atom stereocenters. The van der Waals surface area contributed by atoms with Crippen molar-refractivity contribution in [3.05, 3.63) is 77.6 Å². The molecule has 0 aliphatic heterocycles. The predicted molar refractivity (Wildman–Crippen MR) is 113 cm³/mol. The molecule has 0 aliphatic rings.